The van der Waals surface area contributed by atoms with Crippen LogP contribution < -0.4 is 9.64 Å². The van der Waals surface area contributed by atoms with Crippen molar-refractivity contribution in [3.05, 3.63) is 23.8 Å². The SMILES string of the molecule is COc1cccc2c1CC[C@H](C)N2C(=O)O. The average molecular weight is 221 g/mol. The van der Waals surface area contributed by atoms with E-state index in [9.17, 15) is 9.90 Å². The first-order chi connectivity index (χ1) is 7.65. The van der Waals surface area contributed by atoms with Gasteiger partial charge >= 0.3 is 6.09 Å². The Bertz CT molecular complexity index is 417. The van der Waals surface area contributed by atoms with E-state index in [1.54, 1.807) is 7.11 Å². The number of carboxylic acid groups (broad SMARTS) is 1. The Morgan fingerprint density at radius 3 is 2.94 bits per heavy atom. The van der Waals surface area contributed by atoms with Crippen molar-refractivity contribution in [1.29, 1.82) is 0 Å². The summed E-state index contributed by atoms with van der Waals surface area (Å²) in [5.41, 5.74) is 1.75. The van der Waals surface area contributed by atoms with Crippen molar-refractivity contribution in [2.24, 2.45) is 0 Å². The van der Waals surface area contributed by atoms with E-state index >= 15 is 0 Å². The van der Waals surface area contributed by atoms with Crippen LogP contribution in [-0.2, 0) is 6.42 Å². The van der Waals surface area contributed by atoms with Gasteiger partial charge in [-0.05, 0) is 31.9 Å². The molecule has 1 aliphatic rings. The summed E-state index contributed by atoms with van der Waals surface area (Å²) in [6.45, 7) is 1.93. The molecule has 16 heavy (non-hydrogen) atoms. The van der Waals surface area contributed by atoms with Crippen LogP contribution in [0.3, 0.4) is 0 Å². The number of fused-ring (bicyclic) bond motifs is 1. The number of rotatable bonds is 1. The quantitative estimate of drug-likeness (QED) is 0.792. The Balaban J connectivity index is 2.52. The maximum atomic E-state index is 11.2. The highest BCUT2D eigenvalue weighted by atomic mass is 16.5. The molecule has 1 amide bonds. The van der Waals surface area contributed by atoms with Gasteiger partial charge < -0.3 is 9.84 Å². The topological polar surface area (TPSA) is 49.8 Å². The molecule has 1 atom stereocenters. The van der Waals surface area contributed by atoms with Gasteiger partial charge in [-0.1, -0.05) is 6.07 Å². The van der Waals surface area contributed by atoms with Crippen molar-refractivity contribution in [3.8, 4) is 5.75 Å². The number of benzene rings is 1. The second kappa shape index (κ2) is 4.04. The van der Waals surface area contributed by atoms with Crippen molar-refractivity contribution in [1.82, 2.24) is 0 Å². The van der Waals surface area contributed by atoms with Gasteiger partial charge in [0.15, 0.2) is 0 Å². The number of ether oxygens (including phenoxy) is 1. The van der Waals surface area contributed by atoms with Gasteiger partial charge in [-0.2, -0.15) is 0 Å². The van der Waals surface area contributed by atoms with E-state index in [1.165, 1.54) is 4.90 Å². The third-order valence-electron chi connectivity index (χ3n) is 3.05. The molecule has 0 saturated carbocycles. The van der Waals surface area contributed by atoms with Crippen LogP contribution in [0.1, 0.15) is 18.9 Å². The van der Waals surface area contributed by atoms with Gasteiger partial charge in [-0.15, -0.1) is 0 Å². The second-order valence-corrected chi connectivity index (χ2v) is 4.00. The number of anilines is 1. The lowest BCUT2D eigenvalue weighted by atomic mass is 9.96. The van der Waals surface area contributed by atoms with Crippen LogP contribution in [-0.4, -0.2) is 24.4 Å². The van der Waals surface area contributed by atoms with Crippen LogP contribution in [0, 0.1) is 0 Å². The average Bonchev–Trinajstić information content (AvgIpc) is 2.27. The van der Waals surface area contributed by atoms with E-state index in [0.29, 0.717) is 0 Å². The summed E-state index contributed by atoms with van der Waals surface area (Å²) in [7, 11) is 1.61. The van der Waals surface area contributed by atoms with E-state index in [0.717, 1.165) is 29.8 Å². The van der Waals surface area contributed by atoms with Gasteiger partial charge in [0, 0.05) is 11.6 Å². The van der Waals surface area contributed by atoms with E-state index in [1.807, 2.05) is 25.1 Å². The molecule has 4 nitrogen and oxygen atoms in total. The largest absolute Gasteiger partial charge is 0.496 e. The minimum absolute atomic E-state index is 0.0251. The fourth-order valence-electron chi connectivity index (χ4n) is 2.23. The van der Waals surface area contributed by atoms with Crippen LogP contribution in [0.15, 0.2) is 18.2 Å². The van der Waals surface area contributed by atoms with Crippen molar-refractivity contribution in [2.75, 3.05) is 12.0 Å². The predicted octanol–water partition coefficient (Wildman–Crippen LogP) is 2.51. The number of nitrogens with zero attached hydrogens (tertiary/aromatic N) is 1. The minimum atomic E-state index is -0.901. The molecule has 0 bridgehead atoms. The number of hydrogen-bond acceptors (Lipinski definition) is 2. The molecular weight excluding hydrogens is 206 g/mol. The van der Waals surface area contributed by atoms with Gasteiger partial charge in [0.1, 0.15) is 5.75 Å². The first-order valence-electron chi connectivity index (χ1n) is 5.33. The van der Waals surface area contributed by atoms with Gasteiger partial charge in [0.05, 0.1) is 12.8 Å². The maximum absolute atomic E-state index is 11.2. The molecule has 4 heteroatoms. The third-order valence-corrected chi connectivity index (χ3v) is 3.05. The Morgan fingerprint density at radius 1 is 1.56 bits per heavy atom. The molecule has 0 saturated heterocycles. The van der Waals surface area contributed by atoms with Gasteiger partial charge in [0.2, 0.25) is 0 Å². The molecule has 0 radical (unpaired) electrons. The van der Waals surface area contributed by atoms with Crippen molar-refractivity contribution in [3.63, 3.8) is 0 Å². The van der Waals surface area contributed by atoms with Crippen LogP contribution in [0.5, 0.6) is 5.75 Å². The van der Waals surface area contributed by atoms with Crippen molar-refractivity contribution < 1.29 is 14.6 Å². The Labute approximate surface area is 94.4 Å². The van der Waals surface area contributed by atoms with E-state index < -0.39 is 6.09 Å². The fourth-order valence-corrected chi connectivity index (χ4v) is 2.23. The van der Waals surface area contributed by atoms with Gasteiger partial charge in [0.25, 0.3) is 0 Å². The van der Waals surface area contributed by atoms with Crippen molar-refractivity contribution >= 4 is 11.8 Å². The summed E-state index contributed by atoms with van der Waals surface area (Å²) in [4.78, 5) is 12.6. The normalized spacial score (nSPS) is 19.1. The molecule has 0 unspecified atom stereocenters. The highest BCUT2D eigenvalue weighted by Crippen LogP contribution is 2.36. The predicted molar refractivity (Wildman–Crippen MR) is 61.3 cm³/mol. The molecule has 0 fully saturated rings. The summed E-state index contributed by atoms with van der Waals surface area (Å²) in [6, 6.07) is 5.55. The first kappa shape index (κ1) is 10.8. The molecular formula is C12H15NO3. The second-order valence-electron chi connectivity index (χ2n) is 4.00. The summed E-state index contributed by atoms with van der Waals surface area (Å²) in [5.74, 6) is 0.774. The fraction of sp³-hybridized carbons (Fsp3) is 0.417. The molecule has 0 aliphatic carbocycles. The molecule has 86 valence electrons. The Morgan fingerprint density at radius 2 is 2.31 bits per heavy atom. The zero-order valence-electron chi connectivity index (χ0n) is 9.43. The van der Waals surface area contributed by atoms with Crippen LogP contribution >= 0.6 is 0 Å². The van der Waals surface area contributed by atoms with Gasteiger partial charge in [-0.25, -0.2) is 4.79 Å². The lowest BCUT2D eigenvalue weighted by Crippen LogP contribution is -2.41. The van der Waals surface area contributed by atoms with E-state index in [2.05, 4.69) is 0 Å². The lowest BCUT2D eigenvalue weighted by Gasteiger charge is -2.33. The van der Waals surface area contributed by atoms with Gasteiger partial charge in [-0.3, -0.25) is 4.90 Å². The summed E-state index contributed by atoms with van der Waals surface area (Å²) >= 11 is 0. The van der Waals surface area contributed by atoms with E-state index in [4.69, 9.17) is 4.74 Å². The lowest BCUT2D eigenvalue weighted by molar-refractivity contribution is 0.198. The molecule has 2 rings (SSSR count). The third kappa shape index (κ3) is 1.60. The number of hydrogen-bond donors (Lipinski definition) is 1. The maximum Gasteiger partial charge on any atom is 0.412 e. The molecule has 1 aromatic rings. The number of carbonyl (C=O) groups is 1. The first-order valence-corrected chi connectivity index (χ1v) is 5.33. The summed E-state index contributed by atoms with van der Waals surface area (Å²) < 4.78 is 5.26. The van der Waals surface area contributed by atoms with Crippen LogP contribution in [0.4, 0.5) is 10.5 Å². The zero-order chi connectivity index (χ0) is 11.7. The zero-order valence-corrected chi connectivity index (χ0v) is 9.43. The Kier molecular flexibility index (Phi) is 2.73. The number of amides is 1. The summed E-state index contributed by atoms with van der Waals surface area (Å²) in [6.07, 6.45) is 0.797. The van der Waals surface area contributed by atoms with Crippen molar-refractivity contribution in [2.45, 2.75) is 25.8 Å². The minimum Gasteiger partial charge on any atom is -0.496 e. The molecule has 1 heterocycles. The molecule has 0 spiro atoms. The highest BCUT2D eigenvalue weighted by molar-refractivity contribution is 5.89. The highest BCUT2D eigenvalue weighted by Gasteiger charge is 2.29. The smallest absolute Gasteiger partial charge is 0.412 e. The standard InChI is InChI=1S/C12H15NO3/c1-8-6-7-9-10(13(8)12(14)15)4-3-5-11(9)16-2/h3-5,8H,6-7H2,1-2H3,(H,14,15)/t8-/m0/s1. The van der Waals surface area contributed by atoms with Crippen LogP contribution in [0.2, 0.25) is 0 Å². The molecule has 1 aliphatic heterocycles. The van der Waals surface area contributed by atoms with E-state index in [-0.39, 0.29) is 6.04 Å². The van der Waals surface area contributed by atoms with Crippen LogP contribution in [0.25, 0.3) is 0 Å². The molecule has 1 aromatic carbocycles. The molecule has 1 N–H and O–H groups in total. The number of methoxy groups -OCH3 is 1. The monoisotopic (exact) mass is 221 g/mol. The molecule has 0 aromatic heterocycles. The summed E-state index contributed by atoms with van der Waals surface area (Å²) in [5, 5.41) is 9.20. The Hall–Kier alpha value is -1.71.